The maximum absolute atomic E-state index is 12.2. The number of rotatable bonds is 4. The van der Waals surface area contributed by atoms with Crippen molar-refractivity contribution in [3.05, 3.63) is 23.8 Å². The minimum atomic E-state index is -0.232. The summed E-state index contributed by atoms with van der Waals surface area (Å²) >= 11 is 0. The Hall–Kier alpha value is -2.15. The Bertz CT molecular complexity index is 505. The summed E-state index contributed by atoms with van der Waals surface area (Å²) in [5.74, 6) is 3.02. The van der Waals surface area contributed by atoms with E-state index in [4.69, 9.17) is 11.2 Å². The Kier molecular flexibility index (Phi) is 4.30. The van der Waals surface area contributed by atoms with E-state index in [9.17, 15) is 4.79 Å². The first-order chi connectivity index (χ1) is 9.26. The molecule has 2 rings (SSSR count). The van der Waals surface area contributed by atoms with Gasteiger partial charge in [0.2, 0.25) is 0 Å². The van der Waals surface area contributed by atoms with Crippen LogP contribution in [0, 0.1) is 12.3 Å². The molecular formula is C15H18N2O2. The summed E-state index contributed by atoms with van der Waals surface area (Å²) in [6.45, 7) is 3.35. The third kappa shape index (κ3) is 3.00. The smallest absolute Gasteiger partial charge is 0.256 e. The number of benzene rings is 1. The van der Waals surface area contributed by atoms with Crippen molar-refractivity contribution in [2.24, 2.45) is 0 Å². The Morgan fingerprint density at radius 2 is 2.47 bits per heavy atom. The summed E-state index contributed by atoms with van der Waals surface area (Å²) < 4.78 is 5.58. The van der Waals surface area contributed by atoms with Crippen LogP contribution in [0.5, 0.6) is 5.75 Å². The maximum Gasteiger partial charge on any atom is 0.256 e. The minimum Gasteiger partial charge on any atom is -0.489 e. The quantitative estimate of drug-likeness (QED) is 0.812. The van der Waals surface area contributed by atoms with Gasteiger partial charge >= 0.3 is 0 Å². The lowest BCUT2D eigenvalue weighted by Crippen LogP contribution is -2.34. The van der Waals surface area contributed by atoms with E-state index < -0.39 is 0 Å². The fourth-order valence-corrected chi connectivity index (χ4v) is 2.07. The molecule has 1 aliphatic rings. The van der Waals surface area contributed by atoms with Crippen molar-refractivity contribution in [3.8, 4) is 18.1 Å². The number of anilines is 1. The fraction of sp³-hybridized carbons (Fsp3) is 0.400. The molecule has 1 atom stereocenters. The highest BCUT2D eigenvalue weighted by atomic mass is 16.5. The Morgan fingerprint density at radius 1 is 1.63 bits per heavy atom. The van der Waals surface area contributed by atoms with Crippen LogP contribution in [-0.2, 0) is 0 Å². The summed E-state index contributed by atoms with van der Waals surface area (Å²) in [5, 5.41) is 6.06. The normalized spacial score (nSPS) is 14.3. The molecule has 19 heavy (non-hydrogen) atoms. The number of fused-ring (bicyclic) bond motifs is 1. The van der Waals surface area contributed by atoms with Crippen LogP contribution in [0.2, 0.25) is 0 Å². The summed E-state index contributed by atoms with van der Waals surface area (Å²) in [7, 11) is 0. The van der Waals surface area contributed by atoms with Crippen molar-refractivity contribution < 1.29 is 9.53 Å². The monoisotopic (exact) mass is 258 g/mol. The number of amides is 1. The van der Waals surface area contributed by atoms with Gasteiger partial charge in [-0.25, -0.2) is 0 Å². The number of hydrogen-bond donors (Lipinski definition) is 2. The second-order valence-corrected chi connectivity index (χ2v) is 4.44. The van der Waals surface area contributed by atoms with E-state index in [1.807, 2.05) is 19.1 Å². The van der Waals surface area contributed by atoms with Crippen molar-refractivity contribution in [2.75, 3.05) is 18.5 Å². The molecule has 1 unspecified atom stereocenters. The van der Waals surface area contributed by atoms with Crippen LogP contribution in [0.3, 0.4) is 0 Å². The van der Waals surface area contributed by atoms with Crippen LogP contribution in [0.25, 0.3) is 0 Å². The van der Waals surface area contributed by atoms with Gasteiger partial charge in [-0.3, -0.25) is 4.79 Å². The van der Waals surface area contributed by atoms with E-state index in [1.54, 1.807) is 6.07 Å². The highest BCUT2D eigenvalue weighted by Crippen LogP contribution is 2.31. The number of ether oxygens (including phenoxy) is 1. The largest absolute Gasteiger partial charge is 0.489 e. The fourth-order valence-electron chi connectivity index (χ4n) is 2.07. The average Bonchev–Trinajstić information content (AvgIpc) is 2.46. The number of nitrogens with one attached hydrogen (secondary N) is 2. The second-order valence-electron chi connectivity index (χ2n) is 4.44. The van der Waals surface area contributed by atoms with Gasteiger partial charge in [-0.15, -0.1) is 6.42 Å². The van der Waals surface area contributed by atoms with Crippen LogP contribution < -0.4 is 15.4 Å². The molecule has 0 bridgehead atoms. The van der Waals surface area contributed by atoms with Gasteiger partial charge in [0.25, 0.3) is 5.91 Å². The number of para-hydroxylation sites is 1. The first-order valence-corrected chi connectivity index (χ1v) is 6.53. The van der Waals surface area contributed by atoms with Crippen LogP contribution in [0.4, 0.5) is 5.69 Å². The Labute approximate surface area is 113 Å². The third-order valence-electron chi connectivity index (χ3n) is 3.01. The molecule has 0 saturated heterocycles. The Balaban J connectivity index is 2.18. The van der Waals surface area contributed by atoms with Gasteiger partial charge in [-0.1, -0.05) is 25.3 Å². The molecule has 1 aliphatic heterocycles. The van der Waals surface area contributed by atoms with Gasteiger partial charge in [-0.2, -0.15) is 0 Å². The van der Waals surface area contributed by atoms with E-state index in [1.165, 1.54) is 0 Å². The molecule has 0 fully saturated rings. The van der Waals surface area contributed by atoms with Gasteiger partial charge in [0, 0.05) is 6.54 Å². The molecular weight excluding hydrogens is 240 g/mol. The van der Waals surface area contributed by atoms with Crippen LogP contribution in [0.15, 0.2) is 18.2 Å². The number of hydrogen-bond acceptors (Lipinski definition) is 3. The van der Waals surface area contributed by atoms with Gasteiger partial charge < -0.3 is 15.4 Å². The number of carbonyl (C=O) groups excluding carboxylic acids is 1. The summed E-state index contributed by atoms with van der Waals surface area (Å²) in [6.07, 6.45) is 7.12. The maximum atomic E-state index is 12.2. The van der Waals surface area contributed by atoms with E-state index in [0.29, 0.717) is 17.9 Å². The lowest BCUT2D eigenvalue weighted by molar-refractivity contribution is 0.0940. The summed E-state index contributed by atoms with van der Waals surface area (Å²) in [5.41, 5.74) is 1.38. The summed E-state index contributed by atoms with van der Waals surface area (Å²) in [6, 6.07) is 5.25. The number of carbonyl (C=O) groups is 1. The molecule has 1 amide bonds. The molecule has 0 aromatic heterocycles. The standard InChI is InChI=1S/C15H18N2O2/c1-3-6-11(4-2)17-15(18)12-7-5-8-13-14(12)19-10-9-16-13/h2,5,7-8,11,16H,3,6,9-10H2,1H3,(H,17,18). The molecule has 2 N–H and O–H groups in total. The third-order valence-corrected chi connectivity index (χ3v) is 3.01. The minimum absolute atomic E-state index is 0.183. The SMILES string of the molecule is C#CC(CCC)NC(=O)c1cccc2c1OCCN2. The first-order valence-electron chi connectivity index (χ1n) is 6.53. The van der Waals surface area contributed by atoms with Crippen molar-refractivity contribution in [2.45, 2.75) is 25.8 Å². The van der Waals surface area contributed by atoms with E-state index >= 15 is 0 Å². The van der Waals surface area contributed by atoms with Gasteiger partial charge in [0.15, 0.2) is 5.75 Å². The highest BCUT2D eigenvalue weighted by Gasteiger charge is 2.20. The van der Waals surface area contributed by atoms with E-state index in [-0.39, 0.29) is 11.9 Å². The number of terminal acetylenes is 1. The summed E-state index contributed by atoms with van der Waals surface area (Å²) in [4.78, 5) is 12.2. The molecule has 4 heteroatoms. The molecule has 0 radical (unpaired) electrons. The van der Waals surface area contributed by atoms with E-state index in [2.05, 4.69) is 16.6 Å². The predicted molar refractivity (Wildman–Crippen MR) is 75.4 cm³/mol. The molecule has 1 aromatic carbocycles. The van der Waals surface area contributed by atoms with Gasteiger partial charge in [-0.05, 0) is 18.6 Å². The predicted octanol–water partition coefficient (Wildman–Crippen LogP) is 2.02. The molecule has 1 aromatic rings. The van der Waals surface area contributed by atoms with E-state index in [0.717, 1.165) is 25.1 Å². The topological polar surface area (TPSA) is 50.4 Å². The zero-order valence-corrected chi connectivity index (χ0v) is 11.0. The first kappa shape index (κ1) is 13.3. The highest BCUT2D eigenvalue weighted by molar-refractivity contribution is 5.99. The second kappa shape index (κ2) is 6.14. The lowest BCUT2D eigenvalue weighted by Gasteiger charge is -2.22. The zero-order valence-electron chi connectivity index (χ0n) is 11.0. The molecule has 100 valence electrons. The van der Waals surface area contributed by atoms with Crippen molar-refractivity contribution in [1.29, 1.82) is 0 Å². The van der Waals surface area contributed by atoms with Crippen molar-refractivity contribution >= 4 is 11.6 Å². The van der Waals surface area contributed by atoms with Gasteiger partial charge in [0.05, 0.1) is 17.3 Å². The zero-order chi connectivity index (χ0) is 13.7. The molecule has 0 spiro atoms. The van der Waals surface area contributed by atoms with Crippen LogP contribution in [0.1, 0.15) is 30.1 Å². The van der Waals surface area contributed by atoms with Crippen molar-refractivity contribution in [1.82, 2.24) is 5.32 Å². The molecule has 1 heterocycles. The van der Waals surface area contributed by atoms with Crippen LogP contribution >= 0.6 is 0 Å². The molecule has 0 saturated carbocycles. The Morgan fingerprint density at radius 3 is 3.21 bits per heavy atom. The molecule has 4 nitrogen and oxygen atoms in total. The van der Waals surface area contributed by atoms with Crippen molar-refractivity contribution in [3.63, 3.8) is 0 Å². The van der Waals surface area contributed by atoms with Crippen LogP contribution in [-0.4, -0.2) is 25.1 Å². The average molecular weight is 258 g/mol. The lowest BCUT2D eigenvalue weighted by atomic mass is 10.1. The molecule has 0 aliphatic carbocycles. The van der Waals surface area contributed by atoms with Gasteiger partial charge in [0.1, 0.15) is 6.61 Å².